The summed E-state index contributed by atoms with van der Waals surface area (Å²) in [5, 5.41) is 8.62. The number of hydrogen-bond donors (Lipinski definition) is 2. The molecule has 0 aromatic carbocycles. The standard InChI is InChI=1S/C12H17N5OS/c1-9(6-17-4-3-13-8-17)15-12(18)14-5-11-7-19-10(2)16-11/h3-4,7-9H,5-6H2,1-2H3,(H2,14,15,18). The Hall–Kier alpha value is -1.89. The zero-order valence-corrected chi connectivity index (χ0v) is 11.8. The van der Waals surface area contributed by atoms with E-state index in [1.807, 2.05) is 30.0 Å². The number of carbonyl (C=O) groups is 1. The number of nitrogens with zero attached hydrogens (tertiary/aromatic N) is 3. The average molecular weight is 279 g/mol. The maximum absolute atomic E-state index is 11.7. The first-order valence-corrected chi connectivity index (χ1v) is 6.92. The van der Waals surface area contributed by atoms with Gasteiger partial charge >= 0.3 is 6.03 Å². The van der Waals surface area contributed by atoms with Gasteiger partial charge in [0, 0.05) is 30.4 Å². The Kier molecular flexibility index (Phi) is 4.51. The first-order chi connectivity index (χ1) is 9.13. The van der Waals surface area contributed by atoms with E-state index in [1.165, 1.54) is 0 Å². The van der Waals surface area contributed by atoms with E-state index in [-0.39, 0.29) is 12.1 Å². The van der Waals surface area contributed by atoms with E-state index < -0.39 is 0 Å². The fourth-order valence-electron chi connectivity index (χ4n) is 1.69. The van der Waals surface area contributed by atoms with Crippen LogP contribution in [0.1, 0.15) is 17.6 Å². The monoisotopic (exact) mass is 279 g/mol. The van der Waals surface area contributed by atoms with E-state index in [9.17, 15) is 4.79 Å². The molecule has 2 aromatic rings. The van der Waals surface area contributed by atoms with E-state index in [1.54, 1.807) is 23.9 Å². The molecule has 2 rings (SSSR count). The first-order valence-electron chi connectivity index (χ1n) is 6.04. The minimum atomic E-state index is -0.182. The Labute approximate surface area is 115 Å². The molecule has 0 saturated heterocycles. The van der Waals surface area contributed by atoms with E-state index in [2.05, 4.69) is 20.6 Å². The highest BCUT2D eigenvalue weighted by atomic mass is 32.1. The van der Waals surface area contributed by atoms with Gasteiger partial charge in [-0.05, 0) is 13.8 Å². The summed E-state index contributed by atoms with van der Waals surface area (Å²) in [6.45, 7) is 5.05. The topological polar surface area (TPSA) is 71.8 Å². The second kappa shape index (κ2) is 6.33. The summed E-state index contributed by atoms with van der Waals surface area (Å²) in [7, 11) is 0. The summed E-state index contributed by atoms with van der Waals surface area (Å²) in [5.41, 5.74) is 0.889. The van der Waals surface area contributed by atoms with Crippen molar-refractivity contribution in [3.8, 4) is 0 Å². The van der Waals surface area contributed by atoms with Gasteiger partial charge in [-0.1, -0.05) is 0 Å². The zero-order chi connectivity index (χ0) is 13.7. The number of hydrogen-bond acceptors (Lipinski definition) is 4. The van der Waals surface area contributed by atoms with Crippen molar-refractivity contribution in [2.75, 3.05) is 0 Å². The molecule has 1 atom stereocenters. The zero-order valence-electron chi connectivity index (χ0n) is 11.0. The maximum atomic E-state index is 11.7. The molecule has 102 valence electrons. The van der Waals surface area contributed by atoms with Crippen LogP contribution in [0, 0.1) is 6.92 Å². The van der Waals surface area contributed by atoms with E-state index >= 15 is 0 Å². The van der Waals surface area contributed by atoms with Gasteiger partial charge < -0.3 is 15.2 Å². The van der Waals surface area contributed by atoms with Gasteiger partial charge in [0.05, 0.1) is 23.6 Å². The van der Waals surface area contributed by atoms with Crippen LogP contribution < -0.4 is 10.6 Å². The van der Waals surface area contributed by atoms with Crippen LogP contribution in [0.2, 0.25) is 0 Å². The van der Waals surface area contributed by atoms with E-state index in [4.69, 9.17) is 0 Å². The van der Waals surface area contributed by atoms with Crippen LogP contribution in [-0.4, -0.2) is 26.6 Å². The van der Waals surface area contributed by atoms with Crippen LogP contribution in [0.5, 0.6) is 0 Å². The minimum Gasteiger partial charge on any atom is -0.335 e. The highest BCUT2D eigenvalue weighted by molar-refractivity contribution is 7.09. The van der Waals surface area contributed by atoms with E-state index in [0.717, 1.165) is 10.7 Å². The molecule has 0 aliphatic rings. The van der Waals surface area contributed by atoms with Crippen LogP contribution in [0.4, 0.5) is 4.79 Å². The van der Waals surface area contributed by atoms with Gasteiger partial charge in [0.1, 0.15) is 0 Å². The minimum absolute atomic E-state index is 0.0337. The molecule has 2 N–H and O–H groups in total. The Morgan fingerprint density at radius 1 is 1.58 bits per heavy atom. The second-order valence-corrected chi connectivity index (χ2v) is 5.41. The fourth-order valence-corrected chi connectivity index (χ4v) is 2.30. The number of nitrogens with one attached hydrogen (secondary N) is 2. The lowest BCUT2D eigenvalue weighted by Crippen LogP contribution is -2.42. The molecule has 0 fully saturated rings. The number of urea groups is 1. The first kappa shape index (κ1) is 13.5. The third kappa shape index (κ3) is 4.36. The van der Waals surface area contributed by atoms with Crippen molar-refractivity contribution in [2.45, 2.75) is 33.0 Å². The van der Waals surface area contributed by atoms with Crippen molar-refractivity contribution >= 4 is 17.4 Å². The largest absolute Gasteiger partial charge is 0.335 e. The smallest absolute Gasteiger partial charge is 0.315 e. The molecule has 6 nitrogen and oxygen atoms in total. The molecule has 2 amide bonds. The van der Waals surface area contributed by atoms with Crippen LogP contribution in [-0.2, 0) is 13.1 Å². The number of rotatable bonds is 5. The normalized spacial score (nSPS) is 12.1. The van der Waals surface area contributed by atoms with Crippen molar-refractivity contribution in [2.24, 2.45) is 0 Å². The Morgan fingerprint density at radius 2 is 2.42 bits per heavy atom. The van der Waals surface area contributed by atoms with Gasteiger partial charge in [0.25, 0.3) is 0 Å². The maximum Gasteiger partial charge on any atom is 0.315 e. The van der Waals surface area contributed by atoms with Crippen molar-refractivity contribution in [3.63, 3.8) is 0 Å². The molecular weight excluding hydrogens is 262 g/mol. The SMILES string of the molecule is Cc1nc(CNC(=O)NC(C)Cn2ccnc2)cs1. The Morgan fingerprint density at radius 3 is 3.05 bits per heavy atom. The van der Waals surface area contributed by atoms with Crippen LogP contribution in [0.25, 0.3) is 0 Å². The summed E-state index contributed by atoms with van der Waals surface area (Å²) >= 11 is 1.58. The molecule has 0 aliphatic carbocycles. The molecular formula is C12H17N5OS. The third-order valence-corrected chi connectivity index (χ3v) is 3.34. The van der Waals surface area contributed by atoms with Gasteiger partial charge in [-0.3, -0.25) is 0 Å². The molecule has 0 radical (unpaired) electrons. The van der Waals surface area contributed by atoms with Crippen molar-refractivity contribution in [1.29, 1.82) is 0 Å². The number of aromatic nitrogens is 3. The van der Waals surface area contributed by atoms with Crippen LogP contribution in [0.15, 0.2) is 24.1 Å². The highest BCUT2D eigenvalue weighted by Crippen LogP contribution is 2.07. The number of thiazole rings is 1. The third-order valence-electron chi connectivity index (χ3n) is 2.52. The summed E-state index contributed by atoms with van der Waals surface area (Å²) in [5.74, 6) is 0. The summed E-state index contributed by atoms with van der Waals surface area (Å²) in [6.07, 6.45) is 5.32. The van der Waals surface area contributed by atoms with Gasteiger partial charge in [-0.2, -0.15) is 0 Å². The van der Waals surface area contributed by atoms with Gasteiger partial charge in [-0.15, -0.1) is 11.3 Å². The Balaban J connectivity index is 1.71. The number of aryl methyl sites for hydroxylation is 1. The van der Waals surface area contributed by atoms with E-state index in [0.29, 0.717) is 13.1 Å². The second-order valence-electron chi connectivity index (χ2n) is 4.35. The van der Waals surface area contributed by atoms with Crippen LogP contribution >= 0.6 is 11.3 Å². The lowest BCUT2D eigenvalue weighted by Gasteiger charge is -2.14. The van der Waals surface area contributed by atoms with Crippen molar-refractivity contribution < 1.29 is 4.79 Å². The highest BCUT2D eigenvalue weighted by Gasteiger charge is 2.08. The number of carbonyl (C=O) groups excluding carboxylic acids is 1. The van der Waals surface area contributed by atoms with Crippen molar-refractivity contribution in [1.82, 2.24) is 25.2 Å². The molecule has 0 aliphatic heterocycles. The van der Waals surface area contributed by atoms with Gasteiger partial charge in [-0.25, -0.2) is 14.8 Å². The predicted octanol–water partition coefficient (Wildman–Crippen LogP) is 1.54. The molecule has 2 aromatic heterocycles. The molecule has 2 heterocycles. The summed E-state index contributed by atoms with van der Waals surface area (Å²) in [6, 6.07) is -0.148. The summed E-state index contributed by atoms with van der Waals surface area (Å²) in [4.78, 5) is 19.9. The molecule has 0 saturated carbocycles. The average Bonchev–Trinajstić information content (AvgIpc) is 2.98. The molecule has 0 bridgehead atoms. The molecule has 7 heteroatoms. The molecule has 1 unspecified atom stereocenters. The summed E-state index contributed by atoms with van der Waals surface area (Å²) < 4.78 is 1.93. The van der Waals surface area contributed by atoms with Crippen molar-refractivity contribution in [3.05, 3.63) is 34.8 Å². The number of amides is 2. The lowest BCUT2D eigenvalue weighted by atomic mass is 10.3. The van der Waals surface area contributed by atoms with Gasteiger partial charge in [0.15, 0.2) is 0 Å². The van der Waals surface area contributed by atoms with Gasteiger partial charge in [0.2, 0.25) is 0 Å². The van der Waals surface area contributed by atoms with Crippen LogP contribution in [0.3, 0.4) is 0 Å². The fraction of sp³-hybridized carbons (Fsp3) is 0.417. The lowest BCUT2D eigenvalue weighted by molar-refractivity contribution is 0.236. The Bertz CT molecular complexity index is 522. The molecule has 0 spiro atoms. The molecule has 19 heavy (non-hydrogen) atoms. The predicted molar refractivity (Wildman–Crippen MR) is 73.9 cm³/mol. The number of imidazole rings is 1. The quantitative estimate of drug-likeness (QED) is 0.872.